The summed E-state index contributed by atoms with van der Waals surface area (Å²) >= 11 is 1.61. The number of ether oxygens (including phenoxy) is 1. The van der Waals surface area contributed by atoms with Gasteiger partial charge in [0, 0.05) is 22.7 Å². The summed E-state index contributed by atoms with van der Waals surface area (Å²) in [5.74, 6) is -1.17. The summed E-state index contributed by atoms with van der Waals surface area (Å²) < 4.78 is 6.54. The van der Waals surface area contributed by atoms with E-state index in [1.54, 1.807) is 11.8 Å². The van der Waals surface area contributed by atoms with Gasteiger partial charge in [0.15, 0.2) is 0 Å². The molecule has 204 valence electrons. The zero-order valence-electron chi connectivity index (χ0n) is 22.4. The molecule has 2 saturated carbocycles. The Bertz CT molecular complexity index is 1130. The lowest BCUT2D eigenvalue weighted by molar-refractivity contribution is -0.145. The third kappa shape index (κ3) is 4.37. The van der Waals surface area contributed by atoms with Crippen LogP contribution in [0.25, 0.3) is 0 Å². The molecule has 1 aromatic rings. The van der Waals surface area contributed by atoms with Crippen molar-refractivity contribution in [2.75, 3.05) is 11.6 Å². The number of hydrogen-bond acceptors (Lipinski definition) is 5. The Morgan fingerprint density at radius 1 is 1.05 bits per heavy atom. The molecule has 2 N–H and O–H groups in total. The fourth-order valence-electron chi connectivity index (χ4n) is 7.57. The second-order valence-corrected chi connectivity index (χ2v) is 12.8. The number of thioether (sulfide) groups is 1. The highest BCUT2D eigenvalue weighted by Gasteiger charge is 2.73. The van der Waals surface area contributed by atoms with Crippen LogP contribution in [0.3, 0.4) is 0 Å². The number of hydrogen-bond donors (Lipinski definition) is 2. The van der Waals surface area contributed by atoms with Crippen LogP contribution in [0.2, 0.25) is 0 Å². The van der Waals surface area contributed by atoms with Crippen LogP contribution in [0.4, 0.5) is 5.69 Å². The third-order valence-electron chi connectivity index (χ3n) is 9.53. The maximum Gasteiger partial charge on any atom is 0.246 e. The topological polar surface area (TPSA) is 87.7 Å². The number of nitrogens with zero attached hydrogens (tertiary/aromatic N) is 1. The Morgan fingerprint density at radius 3 is 2.55 bits per heavy atom. The van der Waals surface area contributed by atoms with Gasteiger partial charge in [0.25, 0.3) is 0 Å². The number of benzene rings is 1. The summed E-state index contributed by atoms with van der Waals surface area (Å²) in [5.41, 5.74) is -0.384. The van der Waals surface area contributed by atoms with Gasteiger partial charge in [-0.3, -0.25) is 14.4 Å². The Labute approximate surface area is 229 Å². The Morgan fingerprint density at radius 2 is 1.82 bits per heavy atom. The molecule has 0 radical (unpaired) electrons. The molecule has 1 spiro atoms. The van der Waals surface area contributed by atoms with Crippen molar-refractivity contribution >= 4 is 35.2 Å². The van der Waals surface area contributed by atoms with Gasteiger partial charge in [-0.05, 0) is 68.9 Å². The SMILES string of the molecule is CSc1cccc(NC(=O)[C@H]2[C@@H]3C=C[C@]4(O3)[C@@H]2C(=O)N(C2CCC(C)CC2)[C@H]4C(=O)NC2CCCCC2)c1. The number of nitrogens with one attached hydrogen (secondary N) is 2. The van der Waals surface area contributed by atoms with Crippen LogP contribution < -0.4 is 10.6 Å². The van der Waals surface area contributed by atoms with E-state index < -0.39 is 29.6 Å². The van der Waals surface area contributed by atoms with Crippen molar-refractivity contribution in [2.45, 2.75) is 99.4 Å². The minimum absolute atomic E-state index is 0.00111. The van der Waals surface area contributed by atoms with Gasteiger partial charge < -0.3 is 20.3 Å². The highest BCUT2D eigenvalue weighted by Crippen LogP contribution is 2.56. The molecule has 1 aromatic carbocycles. The number of carbonyl (C=O) groups is 3. The van der Waals surface area contributed by atoms with Crippen molar-refractivity contribution in [1.29, 1.82) is 0 Å². The highest BCUT2D eigenvalue weighted by atomic mass is 32.2. The fourth-order valence-corrected chi connectivity index (χ4v) is 8.03. The van der Waals surface area contributed by atoms with Crippen LogP contribution in [-0.4, -0.2) is 58.7 Å². The van der Waals surface area contributed by atoms with Gasteiger partial charge in [0.2, 0.25) is 17.7 Å². The van der Waals surface area contributed by atoms with Crippen molar-refractivity contribution in [1.82, 2.24) is 10.2 Å². The number of fused-ring (bicyclic) bond motifs is 1. The molecule has 2 aliphatic carbocycles. The predicted octanol–water partition coefficient (Wildman–Crippen LogP) is 4.53. The van der Waals surface area contributed by atoms with Gasteiger partial charge in [-0.15, -0.1) is 11.8 Å². The lowest BCUT2D eigenvalue weighted by atomic mass is 9.74. The molecule has 3 heterocycles. The average molecular weight is 538 g/mol. The predicted molar refractivity (Wildman–Crippen MR) is 148 cm³/mol. The molecular formula is C30H39N3O4S. The fraction of sp³-hybridized carbons (Fsp3) is 0.633. The third-order valence-corrected chi connectivity index (χ3v) is 10.3. The molecule has 5 aliphatic rings. The minimum Gasteiger partial charge on any atom is -0.359 e. The van der Waals surface area contributed by atoms with Crippen LogP contribution in [0.15, 0.2) is 41.3 Å². The maximum atomic E-state index is 14.3. The molecular weight excluding hydrogens is 498 g/mol. The second kappa shape index (κ2) is 10.3. The summed E-state index contributed by atoms with van der Waals surface area (Å²) in [6, 6.07) is 7.12. The zero-order chi connectivity index (χ0) is 26.4. The molecule has 2 saturated heterocycles. The first-order valence-electron chi connectivity index (χ1n) is 14.4. The molecule has 2 bridgehead atoms. The molecule has 3 aliphatic heterocycles. The van der Waals surface area contributed by atoms with E-state index in [1.807, 2.05) is 47.6 Å². The van der Waals surface area contributed by atoms with Gasteiger partial charge in [-0.2, -0.15) is 0 Å². The Kier molecular flexibility index (Phi) is 7.06. The smallest absolute Gasteiger partial charge is 0.246 e. The van der Waals surface area contributed by atoms with Crippen molar-refractivity contribution in [3.8, 4) is 0 Å². The first-order valence-corrected chi connectivity index (χ1v) is 15.6. The van der Waals surface area contributed by atoms with Crippen LogP contribution >= 0.6 is 11.8 Å². The van der Waals surface area contributed by atoms with Crippen LogP contribution in [0.5, 0.6) is 0 Å². The number of rotatable bonds is 6. The van der Waals surface area contributed by atoms with Crippen LogP contribution in [0.1, 0.15) is 64.7 Å². The summed E-state index contributed by atoms with van der Waals surface area (Å²) in [7, 11) is 0. The standard InChI is InChI=1S/C30H39N3O4S/c1-18-11-13-21(14-12-18)33-26(28(35)31-19-7-4-3-5-8-19)30-16-15-23(37-30)24(25(30)29(33)36)27(34)32-20-9-6-10-22(17-20)38-2/h6,9-10,15-19,21,23-26H,3-5,7-8,11-14H2,1-2H3,(H,31,35)(H,32,34)/t18?,21?,23-,24-,25-,26-,30-/m0/s1. The van der Waals surface area contributed by atoms with E-state index in [1.165, 1.54) is 6.42 Å². The van der Waals surface area contributed by atoms with Gasteiger partial charge >= 0.3 is 0 Å². The zero-order valence-corrected chi connectivity index (χ0v) is 23.2. The maximum absolute atomic E-state index is 14.3. The van der Waals surface area contributed by atoms with E-state index in [9.17, 15) is 14.4 Å². The van der Waals surface area contributed by atoms with E-state index in [4.69, 9.17) is 4.74 Å². The van der Waals surface area contributed by atoms with Gasteiger partial charge in [-0.25, -0.2) is 0 Å². The molecule has 3 amide bonds. The molecule has 0 aromatic heterocycles. The summed E-state index contributed by atoms with van der Waals surface area (Å²) in [4.78, 5) is 44.9. The van der Waals surface area contributed by atoms with Crippen molar-refractivity contribution in [3.05, 3.63) is 36.4 Å². The number of likely N-dealkylation sites (tertiary alicyclic amines) is 1. The largest absolute Gasteiger partial charge is 0.359 e. The normalized spacial score (nSPS) is 36.4. The van der Waals surface area contributed by atoms with Crippen LogP contribution in [0, 0.1) is 17.8 Å². The molecule has 5 atom stereocenters. The number of carbonyl (C=O) groups excluding carboxylic acids is 3. The first-order chi connectivity index (χ1) is 18.4. The van der Waals surface area contributed by atoms with Crippen molar-refractivity contribution in [2.24, 2.45) is 17.8 Å². The average Bonchev–Trinajstić information content (AvgIpc) is 3.57. The minimum atomic E-state index is -1.09. The van der Waals surface area contributed by atoms with E-state index >= 15 is 0 Å². The van der Waals surface area contributed by atoms with Crippen LogP contribution in [-0.2, 0) is 19.1 Å². The lowest BCUT2D eigenvalue weighted by Crippen LogP contribution is -2.58. The highest BCUT2D eigenvalue weighted by molar-refractivity contribution is 7.98. The quantitative estimate of drug-likeness (QED) is 0.411. The van der Waals surface area contributed by atoms with Gasteiger partial charge in [-0.1, -0.05) is 44.4 Å². The summed E-state index contributed by atoms with van der Waals surface area (Å²) in [6.45, 7) is 2.25. The number of anilines is 1. The molecule has 0 unspecified atom stereocenters. The lowest BCUT2D eigenvalue weighted by Gasteiger charge is -2.40. The molecule has 38 heavy (non-hydrogen) atoms. The molecule has 4 fully saturated rings. The monoisotopic (exact) mass is 537 g/mol. The Balaban J connectivity index is 1.31. The van der Waals surface area contributed by atoms with E-state index in [2.05, 4.69) is 17.6 Å². The van der Waals surface area contributed by atoms with Gasteiger partial charge in [0.05, 0.1) is 17.9 Å². The first kappa shape index (κ1) is 25.9. The summed E-state index contributed by atoms with van der Waals surface area (Å²) in [6.07, 6.45) is 14.5. The van der Waals surface area contributed by atoms with Gasteiger partial charge in [0.1, 0.15) is 11.6 Å². The Hall–Kier alpha value is -2.32. The summed E-state index contributed by atoms with van der Waals surface area (Å²) in [5, 5.41) is 6.34. The van der Waals surface area contributed by atoms with Crippen molar-refractivity contribution < 1.29 is 19.1 Å². The van der Waals surface area contributed by atoms with E-state index in [-0.39, 0.29) is 29.8 Å². The van der Waals surface area contributed by atoms with E-state index in [0.29, 0.717) is 11.6 Å². The molecule has 8 heteroatoms. The van der Waals surface area contributed by atoms with E-state index in [0.717, 1.165) is 56.3 Å². The molecule has 6 rings (SSSR count). The second-order valence-electron chi connectivity index (χ2n) is 11.9. The number of amides is 3. The van der Waals surface area contributed by atoms with Crippen molar-refractivity contribution in [3.63, 3.8) is 0 Å². The molecule has 7 nitrogen and oxygen atoms in total.